The second-order valence-electron chi connectivity index (χ2n) is 5.28. The minimum Gasteiger partial charge on any atom is -0.452 e. The number of esters is 1. The van der Waals surface area contributed by atoms with Gasteiger partial charge in [0, 0.05) is 23.1 Å². The molecule has 2 aromatic carbocycles. The van der Waals surface area contributed by atoms with Gasteiger partial charge in [-0.1, -0.05) is 12.1 Å². The van der Waals surface area contributed by atoms with E-state index in [1.54, 1.807) is 24.3 Å². The molecule has 8 nitrogen and oxygen atoms in total. The van der Waals surface area contributed by atoms with Gasteiger partial charge in [0.05, 0.1) is 22.4 Å². The SMILES string of the molecule is N#CCSc1ccccc1NC(=O)COC(=O)/C=C/c1ccc([N+](=O)[O-])cc1. The van der Waals surface area contributed by atoms with E-state index in [1.165, 1.54) is 42.1 Å². The predicted octanol–water partition coefficient (Wildman–Crippen LogP) is 3.41. The van der Waals surface area contributed by atoms with Crippen LogP contribution < -0.4 is 5.32 Å². The van der Waals surface area contributed by atoms with Gasteiger partial charge in [0.15, 0.2) is 6.61 Å². The minimum atomic E-state index is -0.722. The Balaban J connectivity index is 1.85. The van der Waals surface area contributed by atoms with E-state index < -0.39 is 23.4 Å². The van der Waals surface area contributed by atoms with Gasteiger partial charge in [0.2, 0.25) is 0 Å². The van der Waals surface area contributed by atoms with Crippen molar-refractivity contribution >= 4 is 41.1 Å². The van der Waals surface area contributed by atoms with E-state index in [9.17, 15) is 19.7 Å². The lowest BCUT2D eigenvalue weighted by Crippen LogP contribution is -2.20. The Morgan fingerprint density at radius 3 is 2.61 bits per heavy atom. The van der Waals surface area contributed by atoms with Gasteiger partial charge in [-0.05, 0) is 35.9 Å². The van der Waals surface area contributed by atoms with Gasteiger partial charge >= 0.3 is 5.97 Å². The molecule has 0 radical (unpaired) electrons. The third-order valence-electron chi connectivity index (χ3n) is 3.31. The highest BCUT2D eigenvalue weighted by molar-refractivity contribution is 7.99. The van der Waals surface area contributed by atoms with E-state index in [1.807, 2.05) is 6.07 Å². The van der Waals surface area contributed by atoms with E-state index in [2.05, 4.69) is 5.32 Å². The number of thioether (sulfide) groups is 1. The largest absolute Gasteiger partial charge is 0.452 e. The van der Waals surface area contributed by atoms with E-state index in [0.29, 0.717) is 11.3 Å². The molecule has 28 heavy (non-hydrogen) atoms. The fraction of sp³-hybridized carbons (Fsp3) is 0.105. The molecule has 0 unspecified atom stereocenters. The number of anilines is 1. The maximum absolute atomic E-state index is 12.0. The molecule has 0 saturated carbocycles. The molecular weight excluding hydrogens is 382 g/mol. The Morgan fingerprint density at radius 2 is 1.93 bits per heavy atom. The Hall–Kier alpha value is -3.64. The van der Waals surface area contributed by atoms with Crippen LogP contribution in [0.15, 0.2) is 59.5 Å². The maximum atomic E-state index is 12.0. The lowest BCUT2D eigenvalue weighted by Gasteiger charge is -2.09. The summed E-state index contributed by atoms with van der Waals surface area (Å²) < 4.78 is 4.88. The summed E-state index contributed by atoms with van der Waals surface area (Å²) in [5, 5.41) is 21.9. The van der Waals surface area contributed by atoms with Gasteiger partial charge in [-0.25, -0.2) is 4.79 Å². The average molecular weight is 397 g/mol. The molecule has 2 aromatic rings. The molecule has 0 aliphatic heterocycles. The third-order valence-corrected chi connectivity index (χ3v) is 4.26. The van der Waals surface area contributed by atoms with Crippen LogP contribution in [-0.4, -0.2) is 29.2 Å². The minimum absolute atomic E-state index is 0.0513. The molecule has 9 heteroatoms. The highest BCUT2D eigenvalue weighted by Crippen LogP contribution is 2.26. The number of nitrogens with one attached hydrogen (secondary N) is 1. The second-order valence-corrected chi connectivity index (χ2v) is 6.30. The average Bonchev–Trinajstić information content (AvgIpc) is 2.70. The highest BCUT2D eigenvalue weighted by Gasteiger charge is 2.09. The quantitative estimate of drug-likeness (QED) is 0.238. The first-order valence-corrected chi connectivity index (χ1v) is 8.96. The molecule has 0 aromatic heterocycles. The normalized spacial score (nSPS) is 10.2. The summed E-state index contributed by atoms with van der Waals surface area (Å²) in [7, 11) is 0. The number of nitrogens with zero attached hydrogens (tertiary/aromatic N) is 2. The van der Waals surface area contributed by atoms with Crippen molar-refractivity contribution in [3.05, 3.63) is 70.3 Å². The summed E-state index contributed by atoms with van der Waals surface area (Å²) in [5.74, 6) is -0.988. The van der Waals surface area contributed by atoms with Crippen LogP contribution in [0.2, 0.25) is 0 Å². The molecule has 1 amide bonds. The zero-order valence-corrected chi connectivity index (χ0v) is 15.3. The maximum Gasteiger partial charge on any atom is 0.331 e. The lowest BCUT2D eigenvalue weighted by molar-refractivity contribution is -0.384. The van der Waals surface area contributed by atoms with Crippen molar-refractivity contribution in [2.75, 3.05) is 17.7 Å². The second kappa shape index (κ2) is 10.5. The number of carbonyl (C=O) groups is 2. The highest BCUT2D eigenvalue weighted by atomic mass is 32.2. The molecule has 0 atom stereocenters. The molecule has 0 aliphatic carbocycles. The topological polar surface area (TPSA) is 122 Å². The molecular formula is C19H15N3O5S. The van der Waals surface area contributed by atoms with Crippen LogP contribution >= 0.6 is 11.8 Å². The zero-order valence-electron chi connectivity index (χ0n) is 14.5. The van der Waals surface area contributed by atoms with Crippen molar-refractivity contribution in [3.8, 4) is 6.07 Å². The van der Waals surface area contributed by atoms with Gasteiger partial charge in [-0.3, -0.25) is 14.9 Å². The molecule has 142 valence electrons. The first-order chi connectivity index (χ1) is 13.5. The first kappa shape index (κ1) is 20.7. The number of nitro benzene ring substituents is 1. The first-order valence-electron chi connectivity index (χ1n) is 7.97. The number of carbonyl (C=O) groups excluding carboxylic acids is 2. The van der Waals surface area contributed by atoms with Gasteiger partial charge in [0.1, 0.15) is 0 Å². The molecule has 0 saturated heterocycles. The van der Waals surface area contributed by atoms with Gasteiger partial charge in [0.25, 0.3) is 11.6 Å². The molecule has 0 fully saturated rings. The summed E-state index contributed by atoms with van der Waals surface area (Å²) in [6.07, 6.45) is 2.56. The van der Waals surface area contributed by atoms with E-state index in [-0.39, 0.29) is 11.4 Å². The van der Waals surface area contributed by atoms with E-state index in [0.717, 1.165) is 11.0 Å². The Labute approximate surface area is 165 Å². The summed E-state index contributed by atoms with van der Waals surface area (Å²) in [6, 6.07) is 14.6. The summed E-state index contributed by atoms with van der Waals surface area (Å²) in [5.41, 5.74) is 1.06. The third kappa shape index (κ3) is 6.59. The Morgan fingerprint density at radius 1 is 1.21 bits per heavy atom. The van der Waals surface area contributed by atoms with Crippen LogP contribution in [0.3, 0.4) is 0 Å². The number of ether oxygens (including phenoxy) is 1. The summed E-state index contributed by atoms with van der Waals surface area (Å²) >= 11 is 1.28. The van der Waals surface area contributed by atoms with Crippen LogP contribution in [0, 0.1) is 21.4 Å². The number of nitriles is 1. The van der Waals surface area contributed by atoms with Crippen LogP contribution in [0.5, 0.6) is 0 Å². The molecule has 0 spiro atoms. The molecule has 2 rings (SSSR count). The van der Waals surface area contributed by atoms with Crippen molar-refractivity contribution in [1.82, 2.24) is 0 Å². The van der Waals surface area contributed by atoms with Gasteiger partial charge in [-0.15, -0.1) is 11.8 Å². The van der Waals surface area contributed by atoms with Crippen molar-refractivity contribution in [2.45, 2.75) is 4.90 Å². The Kier molecular flexibility index (Phi) is 7.75. The summed E-state index contributed by atoms with van der Waals surface area (Å²) in [4.78, 5) is 34.5. The van der Waals surface area contributed by atoms with E-state index >= 15 is 0 Å². The number of nitro groups is 1. The van der Waals surface area contributed by atoms with Crippen molar-refractivity contribution in [2.24, 2.45) is 0 Å². The molecule has 0 heterocycles. The van der Waals surface area contributed by atoms with Gasteiger partial charge < -0.3 is 10.1 Å². The number of para-hydroxylation sites is 1. The van der Waals surface area contributed by atoms with Crippen LogP contribution in [0.25, 0.3) is 6.08 Å². The number of hydrogen-bond donors (Lipinski definition) is 1. The monoisotopic (exact) mass is 397 g/mol. The molecule has 1 N–H and O–H groups in total. The summed E-state index contributed by atoms with van der Waals surface area (Å²) in [6.45, 7) is -0.472. The smallest absolute Gasteiger partial charge is 0.331 e. The van der Waals surface area contributed by atoms with Gasteiger partial charge in [-0.2, -0.15) is 5.26 Å². The standard InChI is InChI=1S/C19H15N3O5S/c20-11-12-28-17-4-2-1-3-16(17)21-18(23)13-27-19(24)10-7-14-5-8-15(9-6-14)22(25)26/h1-10H,12-13H2,(H,21,23)/b10-7+. The number of benzene rings is 2. The predicted molar refractivity (Wildman–Crippen MR) is 104 cm³/mol. The number of amides is 1. The van der Waals surface area contributed by atoms with Crippen molar-refractivity contribution in [1.29, 1.82) is 5.26 Å². The number of non-ortho nitro benzene ring substituents is 1. The lowest BCUT2D eigenvalue weighted by atomic mass is 10.2. The fourth-order valence-electron chi connectivity index (χ4n) is 2.05. The van der Waals surface area contributed by atoms with Crippen molar-refractivity contribution < 1.29 is 19.2 Å². The van der Waals surface area contributed by atoms with Crippen LogP contribution in [-0.2, 0) is 14.3 Å². The Bertz CT molecular complexity index is 935. The number of rotatable bonds is 8. The molecule has 0 bridgehead atoms. The fourth-order valence-corrected chi connectivity index (χ4v) is 2.72. The van der Waals surface area contributed by atoms with Crippen molar-refractivity contribution in [3.63, 3.8) is 0 Å². The zero-order chi connectivity index (χ0) is 20.4. The van der Waals surface area contributed by atoms with Crippen LogP contribution in [0.1, 0.15) is 5.56 Å². The number of hydrogen-bond acceptors (Lipinski definition) is 7. The van der Waals surface area contributed by atoms with E-state index in [4.69, 9.17) is 10.00 Å². The molecule has 0 aliphatic rings. The van der Waals surface area contributed by atoms with Crippen LogP contribution in [0.4, 0.5) is 11.4 Å².